The predicted molar refractivity (Wildman–Crippen MR) is 145 cm³/mol. The van der Waals surface area contributed by atoms with Gasteiger partial charge in [0.15, 0.2) is 0 Å². The Balaban J connectivity index is 1.19. The molecule has 1 unspecified atom stereocenters. The molecule has 37 heavy (non-hydrogen) atoms. The van der Waals surface area contributed by atoms with Crippen molar-refractivity contribution in [3.63, 3.8) is 0 Å². The number of ether oxygens (including phenoxy) is 1. The quantitative estimate of drug-likeness (QED) is 0.281. The number of aliphatic carboxylic acids is 1. The van der Waals surface area contributed by atoms with Crippen LogP contribution in [0.3, 0.4) is 0 Å². The lowest BCUT2D eigenvalue weighted by molar-refractivity contribution is -0.139. The highest BCUT2D eigenvalue weighted by atomic mass is 16.5. The fraction of sp³-hybridized carbons (Fsp3) is 0.125. The summed E-state index contributed by atoms with van der Waals surface area (Å²) in [6.45, 7) is 0.134. The summed E-state index contributed by atoms with van der Waals surface area (Å²) >= 11 is 0. The van der Waals surface area contributed by atoms with E-state index in [1.807, 2.05) is 103 Å². The van der Waals surface area contributed by atoms with Gasteiger partial charge in [-0.1, -0.05) is 115 Å². The molecule has 4 aromatic carbocycles. The van der Waals surface area contributed by atoms with E-state index in [0.29, 0.717) is 0 Å². The summed E-state index contributed by atoms with van der Waals surface area (Å²) in [5, 5.41) is 12.2. The van der Waals surface area contributed by atoms with Gasteiger partial charge in [0, 0.05) is 12.3 Å². The van der Waals surface area contributed by atoms with Gasteiger partial charge in [-0.25, -0.2) is 9.59 Å². The molecule has 0 bridgehead atoms. The van der Waals surface area contributed by atoms with Crippen molar-refractivity contribution < 1.29 is 19.4 Å². The predicted octanol–water partition coefficient (Wildman–Crippen LogP) is 6.39. The molecule has 1 aliphatic rings. The molecule has 1 amide bonds. The van der Waals surface area contributed by atoms with Crippen LogP contribution in [-0.2, 0) is 16.0 Å². The fourth-order valence-electron chi connectivity index (χ4n) is 4.74. The van der Waals surface area contributed by atoms with Crippen LogP contribution in [-0.4, -0.2) is 29.8 Å². The van der Waals surface area contributed by atoms with E-state index in [0.717, 1.165) is 38.9 Å². The maximum Gasteiger partial charge on any atom is 0.407 e. The highest BCUT2D eigenvalue weighted by molar-refractivity contribution is 5.81. The third-order valence-corrected chi connectivity index (χ3v) is 6.62. The Morgan fingerprint density at radius 1 is 0.757 bits per heavy atom. The summed E-state index contributed by atoms with van der Waals surface area (Å²) in [6.07, 6.45) is 3.44. The lowest BCUT2D eigenvalue weighted by Gasteiger charge is -2.17. The highest BCUT2D eigenvalue weighted by Crippen LogP contribution is 2.44. The van der Waals surface area contributed by atoms with Gasteiger partial charge >= 0.3 is 12.1 Å². The molecule has 5 nitrogen and oxygen atoms in total. The monoisotopic (exact) mass is 489 g/mol. The van der Waals surface area contributed by atoms with Crippen LogP contribution in [0.5, 0.6) is 0 Å². The standard InChI is InChI=1S/C32H27NO4/c34-31(35)30(20-24-18-16-23(17-19-24)15-14-22-8-2-1-3-9-22)33-32(36)37-21-29-27-12-6-4-10-25(27)26-11-5-7-13-28(26)29/h1-19,29-30H,20-21H2,(H,33,36)(H,34,35)/b15-14+. The minimum atomic E-state index is -1.11. The van der Waals surface area contributed by atoms with Crippen molar-refractivity contribution in [2.45, 2.75) is 18.4 Å². The lowest BCUT2D eigenvalue weighted by Crippen LogP contribution is -2.42. The Morgan fingerprint density at radius 3 is 1.89 bits per heavy atom. The van der Waals surface area contributed by atoms with Crippen molar-refractivity contribution in [1.29, 1.82) is 0 Å². The Morgan fingerprint density at radius 2 is 1.30 bits per heavy atom. The molecule has 0 spiro atoms. The second-order valence-corrected chi connectivity index (χ2v) is 9.05. The number of hydrogen-bond donors (Lipinski definition) is 2. The number of amides is 1. The zero-order valence-electron chi connectivity index (χ0n) is 20.2. The zero-order chi connectivity index (χ0) is 25.6. The maximum atomic E-state index is 12.6. The van der Waals surface area contributed by atoms with Crippen LogP contribution in [0.2, 0.25) is 0 Å². The van der Waals surface area contributed by atoms with E-state index in [-0.39, 0.29) is 18.9 Å². The molecule has 5 heteroatoms. The molecule has 0 heterocycles. The van der Waals surface area contributed by atoms with E-state index in [2.05, 4.69) is 17.4 Å². The molecule has 0 radical (unpaired) electrons. The molecule has 1 aliphatic carbocycles. The molecule has 2 N–H and O–H groups in total. The van der Waals surface area contributed by atoms with Crippen LogP contribution in [0.1, 0.15) is 33.7 Å². The average molecular weight is 490 g/mol. The van der Waals surface area contributed by atoms with Gasteiger partial charge in [0.25, 0.3) is 0 Å². The van der Waals surface area contributed by atoms with Crippen LogP contribution in [0.4, 0.5) is 4.79 Å². The Labute approximate surface area is 216 Å². The van der Waals surface area contributed by atoms with Gasteiger partial charge in [0.1, 0.15) is 12.6 Å². The first-order valence-corrected chi connectivity index (χ1v) is 12.2. The van der Waals surface area contributed by atoms with Crippen LogP contribution in [0.15, 0.2) is 103 Å². The van der Waals surface area contributed by atoms with E-state index < -0.39 is 18.1 Å². The molecule has 0 aromatic heterocycles. The summed E-state index contributed by atoms with van der Waals surface area (Å²) in [5.74, 6) is -1.19. The summed E-state index contributed by atoms with van der Waals surface area (Å²) < 4.78 is 5.53. The van der Waals surface area contributed by atoms with Gasteiger partial charge in [0.2, 0.25) is 0 Å². The normalized spacial score (nSPS) is 13.1. The number of carboxylic acids is 1. The molecule has 4 aromatic rings. The van der Waals surface area contributed by atoms with Crippen molar-refractivity contribution in [2.24, 2.45) is 0 Å². The minimum Gasteiger partial charge on any atom is -0.480 e. The summed E-state index contributed by atoms with van der Waals surface area (Å²) in [5.41, 5.74) is 7.40. The first kappa shape index (κ1) is 24.1. The van der Waals surface area contributed by atoms with Gasteiger partial charge < -0.3 is 15.2 Å². The molecule has 0 fully saturated rings. The minimum absolute atomic E-state index is 0.0853. The van der Waals surface area contributed by atoms with Crippen LogP contribution in [0, 0.1) is 0 Å². The van der Waals surface area contributed by atoms with E-state index in [1.165, 1.54) is 0 Å². The molecular formula is C32H27NO4. The SMILES string of the molecule is O=C(NC(Cc1ccc(/C=C/c2ccccc2)cc1)C(=O)O)OCC1c2ccccc2-c2ccccc21. The zero-order valence-corrected chi connectivity index (χ0v) is 20.2. The Hall–Kier alpha value is -4.64. The number of carbonyl (C=O) groups is 2. The van der Waals surface area contributed by atoms with Gasteiger partial charge in [-0.05, 0) is 38.9 Å². The van der Waals surface area contributed by atoms with Gasteiger partial charge in [-0.2, -0.15) is 0 Å². The van der Waals surface area contributed by atoms with Crippen molar-refractivity contribution in [1.82, 2.24) is 5.32 Å². The average Bonchev–Trinajstić information content (AvgIpc) is 3.25. The Bertz CT molecular complexity index is 1380. The third-order valence-electron chi connectivity index (χ3n) is 6.62. The van der Waals surface area contributed by atoms with Crippen LogP contribution >= 0.6 is 0 Å². The number of fused-ring (bicyclic) bond motifs is 3. The largest absolute Gasteiger partial charge is 0.480 e. The number of carboxylic acid groups (broad SMARTS) is 1. The van der Waals surface area contributed by atoms with Crippen LogP contribution < -0.4 is 5.32 Å². The topological polar surface area (TPSA) is 75.6 Å². The summed E-state index contributed by atoms with van der Waals surface area (Å²) in [6, 6.07) is 32.7. The van der Waals surface area contributed by atoms with Gasteiger partial charge in [-0.3, -0.25) is 0 Å². The Kier molecular flexibility index (Phi) is 7.13. The number of benzene rings is 4. The number of carbonyl (C=O) groups excluding carboxylic acids is 1. The molecule has 0 saturated heterocycles. The number of nitrogens with one attached hydrogen (secondary N) is 1. The van der Waals surface area contributed by atoms with Crippen molar-refractivity contribution in [3.8, 4) is 11.1 Å². The number of alkyl carbamates (subject to hydrolysis) is 1. The fourth-order valence-corrected chi connectivity index (χ4v) is 4.74. The first-order chi connectivity index (χ1) is 18.1. The van der Waals surface area contributed by atoms with E-state index >= 15 is 0 Å². The number of rotatable bonds is 8. The molecule has 1 atom stereocenters. The molecule has 5 rings (SSSR count). The summed E-state index contributed by atoms with van der Waals surface area (Å²) in [7, 11) is 0. The third kappa shape index (κ3) is 5.62. The first-order valence-electron chi connectivity index (χ1n) is 12.2. The maximum absolute atomic E-state index is 12.6. The smallest absolute Gasteiger partial charge is 0.407 e. The molecule has 0 aliphatic heterocycles. The van der Waals surface area contributed by atoms with E-state index in [9.17, 15) is 14.7 Å². The van der Waals surface area contributed by atoms with Crippen LogP contribution in [0.25, 0.3) is 23.3 Å². The number of hydrogen-bond acceptors (Lipinski definition) is 3. The van der Waals surface area contributed by atoms with E-state index in [4.69, 9.17) is 4.74 Å². The highest BCUT2D eigenvalue weighted by Gasteiger charge is 2.29. The molecular weight excluding hydrogens is 462 g/mol. The van der Waals surface area contributed by atoms with Gasteiger partial charge in [-0.15, -0.1) is 0 Å². The molecule has 0 saturated carbocycles. The van der Waals surface area contributed by atoms with Gasteiger partial charge in [0.05, 0.1) is 0 Å². The van der Waals surface area contributed by atoms with Crippen molar-refractivity contribution >= 4 is 24.2 Å². The van der Waals surface area contributed by atoms with E-state index in [1.54, 1.807) is 0 Å². The molecule has 184 valence electrons. The second kappa shape index (κ2) is 11.0. The van der Waals surface area contributed by atoms with Crippen molar-refractivity contribution in [2.75, 3.05) is 6.61 Å². The van der Waals surface area contributed by atoms with Crippen molar-refractivity contribution in [3.05, 3.63) is 131 Å². The summed E-state index contributed by atoms with van der Waals surface area (Å²) in [4.78, 5) is 24.5. The second-order valence-electron chi connectivity index (χ2n) is 9.05. The lowest BCUT2D eigenvalue weighted by atomic mass is 9.98.